The molecule has 4 nitrogen and oxygen atoms in total. The number of benzene rings is 2. The lowest BCUT2D eigenvalue weighted by Gasteiger charge is -2.16. The van der Waals surface area contributed by atoms with Gasteiger partial charge in [-0.2, -0.15) is 0 Å². The molecular weight excluding hydrogens is 315 g/mol. The second kappa shape index (κ2) is 6.75. The van der Waals surface area contributed by atoms with Gasteiger partial charge in [0, 0.05) is 13.1 Å². The number of rotatable bonds is 5. The van der Waals surface area contributed by atoms with Gasteiger partial charge in [0.05, 0.1) is 16.8 Å². The van der Waals surface area contributed by atoms with Crippen molar-refractivity contribution < 1.29 is 13.9 Å². The number of fused-ring (bicyclic) bond motifs is 1. The van der Waals surface area contributed by atoms with E-state index in [-0.39, 0.29) is 12.5 Å². The van der Waals surface area contributed by atoms with Gasteiger partial charge in [-0.15, -0.1) is 11.3 Å². The number of thiazole rings is 1. The van der Waals surface area contributed by atoms with Crippen LogP contribution in [0.1, 0.15) is 5.01 Å². The molecule has 0 aliphatic rings. The van der Waals surface area contributed by atoms with Crippen LogP contribution in [0.4, 0.5) is 4.39 Å². The Hall–Kier alpha value is -2.47. The molecule has 118 valence electrons. The van der Waals surface area contributed by atoms with E-state index in [1.54, 1.807) is 35.4 Å². The molecule has 0 N–H and O–H groups in total. The minimum atomic E-state index is -0.391. The summed E-state index contributed by atoms with van der Waals surface area (Å²) in [5.41, 5.74) is 0.935. The van der Waals surface area contributed by atoms with E-state index in [2.05, 4.69) is 4.98 Å². The third-order valence-corrected chi connectivity index (χ3v) is 4.32. The number of aromatic nitrogens is 1. The third kappa shape index (κ3) is 3.84. The summed E-state index contributed by atoms with van der Waals surface area (Å²) in [4.78, 5) is 18.2. The predicted molar refractivity (Wildman–Crippen MR) is 88.0 cm³/mol. The molecule has 6 heteroatoms. The number of halogens is 1. The number of carbonyl (C=O) groups is 1. The fourth-order valence-electron chi connectivity index (χ4n) is 2.09. The zero-order valence-corrected chi connectivity index (χ0v) is 13.3. The van der Waals surface area contributed by atoms with Gasteiger partial charge in [0.2, 0.25) is 0 Å². The van der Waals surface area contributed by atoms with E-state index in [0.29, 0.717) is 12.3 Å². The molecule has 0 unspecified atom stereocenters. The Bertz CT molecular complexity index is 801. The molecule has 0 fully saturated rings. The summed E-state index contributed by atoms with van der Waals surface area (Å²) in [5.74, 6) is -0.238. The Morgan fingerprint density at radius 1 is 1.26 bits per heavy atom. The first-order valence-corrected chi connectivity index (χ1v) is 7.90. The molecule has 23 heavy (non-hydrogen) atoms. The first-order valence-electron chi connectivity index (χ1n) is 7.08. The lowest BCUT2D eigenvalue weighted by molar-refractivity contribution is -0.132. The van der Waals surface area contributed by atoms with Gasteiger partial charge in [-0.1, -0.05) is 18.2 Å². The summed E-state index contributed by atoms with van der Waals surface area (Å²) >= 11 is 1.56. The second-order valence-corrected chi connectivity index (χ2v) is 6.19. The molecule has 3 aromatic rings. The topological polar surface area (TPSA) is 42.4 Å². The number of amides is 1. The van der Waals surface area contributed by atoms with E-state index in [1.807, 2.05) is 24.3 Å². The smallest absolute Gasteiger partial charge is 0.260 e. The van der Waals surface area contributed by atoms with E-state index in [1.165, 1.54) is 12.1 Å². The lowest BCUT2D eigenvalue weighted by atomic mass is 10.3. The van der Waals surface area contributed by atoms with E-state index in [4.69, 9.17) is 4.74 Å². The average molecular weight is 330 g/mol. The first-order chi connectivity index (χ1) is 11.1. The van der Waals surface area contributed by atoms with Crippen LogP contribution in [-0.2, 0) is 11.3 Å². The van der Waals surface area contributed by atoms with Crippen molar-refractivity contribution in [2.75, 3.05) is 13.7 Å². The Morgan fingerprint density at radius 3 is 2.87 bits per heavy atom. The van der Waals surface area contributed by atoms with Gasteiger partial charge in [-0.25, -0.2) is 9.37 Å². The highest BCUT2D eigenvalue weighted by molar-refractivity contribution is 7.18. The van der Waals surface area contributed by atoms with Crippen LogP contribution in [-0.4, -0.2) is 29.4 Å². The molecule has 0 saturated carbocycles. The second-order valence-electron chi connectivity index (χ2n) is 5.07. The van der Waals surface area contributed by atoms with Gasteiger partial charge in [0.15, 0.2) is 6.61 Å². The van der Waals surface area contributed by atoms with Gasteiger partial charge in [0.1, 0.15) is 16.6 Å². The quantitative estimate of drug-likeness (QED) is 0.719. The van der Waals surface area contributed by atoms with Gasteiger partial charge in [-0.3, -0.25) is 4.79 Å². The SMILES string of the molecule is CN(Cc1nc2ccccc2s1)C(=O)COc1cccc(F)c1. The highest BCUT2D eigenvalue weighted by Crippen LogP contribution is 2.22. The van der Waals surface area contributed by atoms with Gasteiger partial charge in [-0.05, 0) is 24.3 Å². The Morgan fingerprint density at radius 2 is 2.09 bits per heavy atom. The normalized spacial score (nSPS) is 10.7. The van der Waals surface area contributed by atoms with Crippen molar-refractivity contribution in [1.82, 2.24) is 9.88 Å². The molecule has 0 aliphatic heterocycles. The van der Waals surface area contributed by atoms with Crippen molar-refractivity contribution in [3.05, 3.63) is 59.4 Å². The van der Waals surface area contributed by atoms with Gasteiger partial charge >= 0.3 is 0 Å². The predicted octanol–water partition coefficient (Wildman–Crippen LogP) is 3.47. The zero-order chi connectivity index (χ0) is 16.2. The van der Waals surface area contributed by atoms with Crippen LogP contribution in [0.5, 0.6) is 5.75 Å². The van der Waals surface area contributed by atoms with Crippen LogP contribution in [0.2, 0.25) is 0 Å². The van der Waals surface area contributed by atoms with Crippen LogP contribution in [0.15, 0.2) is 48.5 Å². The Balaban J connectivity index is 1.58. The van der Waals surface area contributed by atoms with Crippen LogP contribution in [0.3, 0.4) is 0 Å². The van der Waals surface area contributed by atoms with Crippen LogP contribution >= 0.6 is 11.3 Å². The maximum Gasteiger partial charge on any atom is 0.260 e. The molecule has 0 aliphatic carbocycles. The summed E-state index contributed by atoms with van der Waals surface area (Å²) < 4.78 is 19.5. The molecule has 0 radical (unpaired) electrons. The Kier molecular flexibility index (Phi) is 4.52. The van der Waals surface area contributed by atoms with Crippen molar-refractivity contribution in [3.8, 4) is 5.75 Å². The number of hydrogen-bond acceptors (Lipinski definition) is 4. The maximum atomic E-state index is 13.1. The van der Waals surface area contributed by atoms with E-state index < -0.39 is 5.82 Å². The largest absolute Gasteiger partial charge is 0.484 e. The average Bonchev–Trinajstić information content (AvgIpc) is 2.94. The van der Waals surface area contributed by atoms with Crippen molar-refractivity contribution in [1.29, 1.82) is 0 Å². The lowest BCUT2D eigenvalue weighted by Crippen LogP contribution is -2.30. The van der Waals surface area contributed by atoms with Gasteiger partial charge < -0.3 is 9.64 Å². The van der Waals surface area contributed by atoms with Crippen molar-refractivity contribution in [2.45, 2.75) is 6.54 Å². The van der Waals surface area contributed by atoms with Crippen LogP contribution in [0, 0.1) is 5.82 Å². The fraction of sp³-hybridized carbons (Fsp3) is 0.176. The van der Waals surface area contributed by atoms with Crippen molar-refractivity contribution in [3.63, 3.8) is 0 Å². The summed E-state index contributed by atoms with van der Waals surface area (Å²) in [6, 6.07) is 13.6. The molecule has 3 rings (SSSR count). The molecule has 1 amide bonds. The molecule has 0 saturated heterocycles. The number of ether oxygens (including phenoxy) is 1. The summed E-state index contributed by atoms with van der Waals surface area (Å²) in [6.45, 7) is 0.287. The molecular formula is C17H15FN2O2S. The molecule has 1 aromatic heterocycles. The number of carbonyl (C=O) groups excluding carboxylic acids is 1. The molecule has 1 heterocycles. The zero-order valence-electron chi connectivity index (χ0n) is 12.5. The summed E-state index contributed by atoms with van der Waals surface area (Å²) in [6.07, 6.45) is 0. The summed E-state index contributed by atoms with van der Waals surface area (Å²) in [7, 11) is 1.70. The van der Waals surface area contributed by atoms with Crippen molar-refractivity contribution >= 4 is 27.5 Å². The van der Waals surface area contributed by atoms with Crippen LogP contribution < -0.4 is 4.74 Å². The first kappa shape index (κ1) is 15.4. The molecule has 0 spiro atoms. The van der Waals surface area contributed by atoms with E-state index >= 15 is 0 Å². The fourth-order valence-corrected chi connectivity index (χ4v) is 3.11. The highest BCUT2D eigenvalue weighted by Gasteiger charge is 2.13. The van der Waals surface area contributed by atoms with Crippen molar-refractivity contribution in [2.24, 2.45) is 0 Å². The van der Waals surface area contributed by atoms with E-state index in [0.717, 1.165) is 15.2 Å². The standard InChI is InChI=1S/C17H15FN2O2S/c1-20(10-16-19-14-7-2-3-8-15(14)23-16)17(21)11-22-13-6-4-5-12(18)9-13/h2-9H,10-11H2,1H3. The minimum absolute atomic E-state index is 0.134. The third-order valence-electron chi connectivity index (χ3n) is 3.29. The molecule has 0 bridgehead atoms. The van der Waals surface area contributed by atoms with Gasteiger partial charge in [0.25, 0.3) is 5.91 Å². The minimum Gasteiger partial charge on any atom is -0.484 e. The number of para-hydroxylation sites is 1. The number of likely N-dealkylation sites (N-methyl/N-ethyl adjacent to an activating group) is 1. The van der Waals surface area contributed by atoms with E-state index in [9.17, 15) is 9.18 Å². The summed E-state index contributed by atoms with van der Waals surface area (Å²) in [5, 5.41) is 0.868. The monoisotopic (exact) mass is 330 g/mol. The molecule has 2 aromatic carbocycles. The van der Waals surface area contributed by atoms with Crippen LogP contribution in [0.25, 0.3) is 10.2 Å². The highest BCUT2D eigenvalue weighted by atomic mass is 32.1. The molecule has 0 atom stereocenters. The number of hydrogen-bond donors (Lipinski definition) is 0. The maximum absolute atomic E-state index is 13.1. The Labute approximate surface area is 137 Å². The number of nitrogens with zero attached hydrogens (tertiary/aromatic N) is 2.